The molecule has 250 valence electrons. The highest BCUT2D eigenvalue weighted by atomic mass is 32.1. The van der Waals surface area contributed by atoms with Gasteiger partial charge in [0.05, 0.1) is 0 Å². The predicted molar refractivity (Wildman–Crippen MR) is 239 cm³/mol. The molecule has 2 heteroatoms. The number of fused-ring (bicyclic) bond motifs is 10. The number of benzene rings is 10. The van der Waals surface area contributed by atoms with Gasteiger partial charge in [0.25, 0.3) is 0 Å². The van der Waals surface area contributed by atoms with E-state index in [1.807, 2.05) is 22.7 Å². The van der Waals surface area contributed by atoms with Crippen LogP contribution in [-0.4, -0.2) is 0 Å². The zero-order valence-electron chi connectivity index (χ0n) is 29.1. The second-order valence-electron chi connectivity index (χ2n) is 14.4. The maximum Gasteiger partial charge on any atom is 0.0362 e. The number of hydrogen-bond acceptors (Lipinski definition) is 2. The number of rotatable bonds is 3. The highest BCUT2D eigenvalue weighted by Crippen LogP contribution is 2.46. The van der Waals surface area contributed by atoms with Gasteiger partial charge in [0.2, 0.25) is 0 Å². The van der Waals surface area contributed by atoms with E-state index in [4.69, 9.17) is 0 Å². The van der Waals surface area contributed by atoms with E-state index in [2.05, 4.69) is 182 Å². The largest absolute Gasteiger partial charge is 0.135 e. The summed E-state index contributed by atoms with van der Waals surface area (Å²) < 4.78 is 5.42. The molecule has 0 fully saturated rings. The predicted octanol–water partition coefficient (Wildman–Crippen LogP) is 16.0. The van der Waals surface area contributed by atoms with Crippen LogP contribution in [0.15, 0.2) is 182 Å². The van der Waals surface area contributed by atoms with Gasteiger partial charge in [0, 0.05) is 40.3 Å². The third-order valence-corrected chi connectivity index (χ3v) is 13.6. The Hall–Kier alpha value is -6.32. The first kappa shape index (κ1) is 30.2. The fraction of sp³-hybridized carbons (Fsp3) is 0. The van der Waals surface area contributed by atoms with Crippen LogP contribution >= 0.6 is 22.7 Å². The second kappa shape index (κ2) is 11.6. The van der Waals surface area contributed by atoms with Gasteiger partial charge in [-0.15, -0.1) is 22.7 Å². The summed E-state index contributed by atoms with van der Waals surface area (Å²) in [5, 5.41) is 15.6. The van der Waals surface area contributed by atoms with Gasteiger partial charge in [-0.2, -0.15) is 0 Å². The molecule has 0 nitrogen and oxygen atoms in total. The lowest BCUT2D eigenvalue weighted by Crippen LogP contribution is -1.91. The molecule has 0 saturated heterocycles. The quantitative estimate of drug-likeness (QED) is 0.160. The topological polar surface area (TPSA) is 0 Å². The van der Waals surface area contributed by atoms with E-state index in [-0.39, 0.29) is 0 Å². The molecule has 0 spiro atoms. The minimum atomic E-state index is 1.23. The molecule has 0 unspecified atom stereocenters. The standard InChI is InChI=1S/C52H30S2/c1-2-11-32-24-37(23-20-31(32)10-1)52-42-17-5-3-15-40(42)51(41-16-4-6-18-43(41)52)36-13-9-12-33(25-36)34-21-22-35-27-44-46-30-49-45(39-14-7-8-19-47(39)53-49)29-50(46)54-48(44)28-38(35)26-34/h1-30H. The minimum Gasteiger partial charge on any atom is -0.135 e. The summed E-state index contributed by atoms with van der Waals surface area (Å²) >= 11 is 3.81. The first-order chi connectivity index (χ1) is 26.7. The van der Waals surface area contributed by atoms with Crippen LogP contribution < -0.4 is 0 Å². The van der Waals surface area contributed by atoms with Crippen molar-refractivity contribution in [3.05, 3.63) is 182 Å². The van der Waals surface area contributed by atoms with Crippen molar-refractivity contribution in [2.75, 3.05) is 0 Å². The Morgan fingerprint density at radius 1 is 0.222 bits per heavy atom. The smallest absolute Gasteiger partial charge is 0.0362 e. The summed E-state index contributed by atoms with van der Waals surface area (Å²) in [6, 6.07) is 68.0. The lowest BCUT2D eigenvalue weighted by molar-refractivity contribution is 1.63. The summed E-state index contributed by atoms with van der Waals surface area (Å²) in [5.41, 5.74) is 7.52. The van der Waals surface area contributed by atoms with Crippen LogP contribution in [0.3, 0.4) is 0 Å². The first-order valence-electron chi connectivity index (χ1n) is 18.5. The Morgan fingerprint density at radius 3 is 1.43 bits per heavy atom. The van der Waals surface area contributed by atoms with Crippen LogP contribution in [0.1, 0.15) is 0 Å². The highest BCUT2D eigenvalue weighted by molar-refractivity contribution is 7.27. The summed E-state index contributed by atoms with van der Waals surface area (Å²) in [4.78, 5) is 0. The molecule has 0 radical (unpaired) electrons. The van der Waals surface area contributed by atoms with Gasteiger partial charge in [0.15, 0.2) is 0 Å². The Kier molecular flexibility index (Phi) is 6.48. The fourth-order valence-corrected chi connectivity index (χ4v) is 11.2. The monoisotopic (exact) mass is 718 g/mol. The third kappa shape index (κ3) is 4.54. The average molecular weight is 719 g/mol. The van der Waals surface area contributed by atoms with Gasteiger partial charge in [-0.1, -0.05) is 133 Å². The van der Waals surface area contributed by atoms with E-state index < -0.39 is 0 Å². The van der Waals surface area contributed by atoms with Crippen molar-refractivity contribution in [1.29, 1.82) is 0 Å². The number of thiophene rings is 2. The van der Waals surface area contributed by atoms with Crippen molar-refractivity contribution in [2.45, 2.75) is 0 Å². The Morgan fingerprint density at radius 2 is 0.685 bits per heavy atom. The zero-order chi connectivity index (χ0) is 35.3. The van der Waals surface area contributed by atoms with E-state index in [0.29, 0.717) is 0 Å². The van der Waals surface area contributed by atoms with Crippen LogP contribution in [-0.2, 0) is 0 Å². The first-order valence-corrected chi connectivity index (χ1v) is 20.1. The molecule has 0 aliphatic rings. The van der Waals surface area contributed by atoms with Gasteiger partial charge < -0.3 is 0 Å². The van der Waals surface area contributed by atoms with Crippen molar-refractivity contribution in [3.63, 3.8) is 0 Å². The second-order valence-corrected chi connectivity index (χ2v) is 16.6. The van der Waals surface area contributed by atoms with E-state index in [0.717, 1.165) is 0 Å². The van der Waals surface area contributed by atoms with E-state index in [1.165, 1.54) is 117 Å². The van der Waals surface area contributed by atoms with E-state index >= 15 is 0 Å². The van der Waals surface area contributed by atoms with Gasteiger partial charge in [-0.05, 0) is 125 Å². The summed E-state index contributed by atoms with van der Waals surface area (Å²) in [6.45, 7) is 0. The van der Waals surface area contributed by atoms with Crippen LogP contribution in [0.2, 0.25) is 0 Å². The molecule has 0 amide bonds. The molecule has 0 N–H and O–H groups in total. The molecule has 2 heterocycles. The van der Waals surface area contributed by atoms with Crippen molar-refractivity contribution in [3.8, 4) is 33.4 Å². The molecule has 10 aromatic carbocycles. The average Bonchev–Trinajstić information content (AvgIpc) is 3.77. The molecule has 12 aromatic rings. The molecule has 0 atom stereocenters. The van der Waals surface area contributed by atoms with Crippen LogP contribution in [0.25, 0.3) is 117 Å². The summed E-state index contributed by atoms with van der Waals surface area (Å²) in [7, 11) is 0. The third-order valence-electron chi connectivity index (χ3n) is 11.4. The van der Waals surface area contributed by atoms with Crippen LogP contribution in [0.4, 0.5) is 0 Å². The highest BCUT2D eigenvalue weighted by Gasteiger charge is 2.18. The Bertz CT molecular complexity index is 3450. The van der Waals surface area contributed by atoms with E-state index in [9.17, 15) is 0 Å². The summed E-state index contributed by atoms with van der Waals surface area (Å²) in [5.74, 6) is 0. The summed E-state index contributed by atoms with van der Waals surface area (Å²) in [6.07, 6.45) is 0. The number of hydrogen-bond donors (Lipinski definition) is 0. The van der Waals surface area contributed by atoms with Crippen molar-refractivity contribution >= 4 is 106 Å². The minimum absolute atomic E-state index is 1.23. The maximum absolute atomic E-state index is 2.42. The molecular formula is C52H30S2. The maximum atomic E-state index is 2.42. The lowest BCUT2D eigenvalue weighted by Gasteiger charge is -2.18. The van der Waals surface area contributed by atoms with Gasteiger partial charge in [0.1, 0.15) is 0 Å². The van der Waals surface area contributed by atoms with Crippen LogP contribution in [0, 0.1) is 0 Å². The molecule has 0 aliphatic heterocycles. The molecule has 12 rings (SSSR count). The molecule has 0 aliphatic carbocycles. The van der Waals surface area contributed by atoms with Crippen molar-refractivity contribution < 1.29 is 0 Å². The molecule has 54 heavy (non-hydrogen) atoms. The Labute approximate surface area is 319 Å². The van der Waals surface area contributed by atoms with Crippen LogP contribution in [0.5, 0.6) is 0 Å². The van der Waals surface area contributed by atoms with E-state index in [1.54, 1.807) is 0 Å². The zero-order valence-corrected chi connectivity index (χ0v) is 30.8. The Balaban J connectivity index is 1.00. The molecular weight excluding hydrogens is 689 g/mol. The molecule has 0 saturated carbocycles. The lowest BCUT2D eigenvalue weighted by atomic mass is 9.85. The van der Waals surface area contributed by atoms with Gasteiger partial charge in [-0.25, -0.2) is 0 Å². The van der Waals surface area contributed by atoms with Gasteiger partial charge in [-0.3, -0.25) is 0 Å². The van der Waals surface area contributed by atoms with Crippen molar-refractivity contribution in [2.24, 2.45) is 0 Å². The van der Waals surface area contributed by atoms with Crippen molar-refractivity contribution in [1.82, 2.24) is 0 Å². The van der Waals surface area contributed by atoms with Gasteiger partial charge >= 0.3 is 0 Å². The molecule has 2 aromatic heterocycles. The normalized spacial score (nSPS) is 12.1. The fourth-order valence-electron chi connectivity index (χ4n) is 8.87. The SMILES string of the molecule is c1cc(-c2ccc3cc4c(cc3c2)sc2cc3c(cc24)sc2ccccc23)cc(-c2c3ccccc3c(-c3ccc4ccccc4c3)c3ccccc23)c1. The molecule has 0 bridgehead atoms.